The molecule has 1 fully saturated rings. The highest BCUT2D eigenvalue weighted by molar-refractivity contribution is 6.30. The van der Waals surface area contributed by atoms with Crippen molar-refractivity contribution < 1.29 is 0 Å². The maximum Gasteiger partial charge on any atom is 0.0408 e. The first-order valence-electron chi connectivity index (χ1n) is 7.94. The number of piperidine rings is 1. The Kier molecular flexibility index (Phi) is 4.65. The first-order chi connectivity index (χ1) is 9.70. The molecule has 1 saturated heterocycles. The van der Waals surface area contributed by atoms with Crippen LogP contribution < -0.4 is 5.32 Å². The van der Waals surface area contributed by atoms with Crippen molar-refractivity contribution in [1.29, 1.82) is 0 Å². The van der Waals surface area contributed by atoms with Crippen LogP contribution in [0.3, 0.4) is 0 Å². The fourth-order valence-corrected chi connectivity index (χ4v) is 3.64. The molecule has 110 valence electrons. The molecule has 2 nitrogen and oxygen atoms in total. The first kappa shape index (κ1) is 14.4. The van der Waals surface area contributed by atoms with Crippen LogP contribution in [-0.2, 0) is 12.8 Å². The highest BCUT2D eigenvalue weighted by atomic mass is 35.5. The topological polar surface area (TPSA) is 15.3 Å². The standard InChI is InChI=1S/C17H25ClN2/c1-13-4-7-20(8-5-13)9-6-19-17-11-14-2-3-16(18)10-15(14)12-17/h2-3,10,13,17,19H,4-9,11-12H2,1H3. The van der Waals surface area contributed by atoms with Crippen molar-refractivity contribution in [1.82, 2.24) is 10.2 Å². The third-order valence-corrected chi connectivity index (χ3v) is 5.07. The summed E-state index contributed by atoms with van der Waals surface area (Å²) >= 11 is 6.06. The van der Waals surface area contributed by atoms with Gasteiger partial charge in [0, 0.05) is 24.2 Å². The second-order valence-electron chi connectivity index (χ2n) is 6.50. The van der Waals surface area contributed by atoms with E-state index >= 15 is 0 Å². The van der Waals surface area contributed by atoms with Crippen molar-refractivity contribution in [2.24, 2.45) is 5.92 Å². The molecule has 1 heterocycles. The summed E-state index contributed by atoms with van der Waals surface area (Å²) in [5, 5.41) is 4.59. The van der Waals surface area contributed by atoms with Gasteiger partial charge in [-0.15, -0.1) is 0 Å². The number of rotatable bonds is 4. The Morgan fingerprint density at radius 3 is 2.75 bits per heavy atom. The lowest BCUT2D eigenvalue weighted by molar-refractivity contribution is 0.191. The van der Waals surface area contributed by atoms with Crippen LogP contribution in [0.15, 0.2) is 18.2 Å². The molecule has 1 atom stereocenters. The summed E-state index contributed by atoms with van der Waals surface area (Å²) in [5.41, 5.74) is 2.90. The average molecular weight is 293 g/mol. The summed E-state index contributed by atoms with van der Waals surface area (Å²) in [6, 6.07) is 6.93. The number of benzene rings is 1. The summed E-state index contributed by atoms with van der Waals surface area (Å²) in [6.45, 7) is 7.24. The molecule has 0 radical (unpaired) electrons. The lowest BCUT2D eigenvalue weighted by Crippen LogP contribution is -2.40. The van der Waals surface area contributed by atoms with Crippen LogP contribution >= 0.6 is 11.6 Å². The summed E-state index contributed by atoms with van der Waals surface area (Å²) in [6.07, 6.45) is 5.03. The van der Waals surface area contributed by atoms with E-state index < -0.39 is 0 Å². The molecule has 1 unspecified atom stereocenters. The average Bonchev–Trinajstić information content (AvgIpc) is 2.83. The Labute approximate surface area is 127 Å². The van der Waals surface area contributed by atoms with Gasteiger partial charge in [-0.25, -0.2) is 0 Å². The Morgan fingerprint density at radius 1 is 1.20 bits per heavy atom. The van der Waals surface area contributed by atoms with Gasteiger partial charge >= 0.3 is 0 Å². The zero-order valence-electron chi connectivity index (χ0n) is 12.4. The lowest BCUT2D eigenvalue weighted by Gasteiger charge is -2.30. The zero-order valence-corrected chi connectivity index (χ0v) is 13.1. The third-order valence-electron chi connectivity index (χ3n) is 4.84. The summed E-state index contributed by atoms with van der Waals surface area (Å²) in [7, 11) is 0. The molecule has 1 N–H and O–H groups in total. The predicted molar refractivity (Wildman–Crippen MR) is 85.5 cm³/mol. The minimum absolute atomic E-state index is 0.604. The SMILES string of the molecule is CC1CCN(CCNC2Cc3ccc(Cl)cc3C2)CC1. The van der Waals surface area contributed by atoms with Crippen molar-refractivity contribution in [3.05, 3.63) is 34.3 Å². The van der Waals surface area contributed by atoms with E-state index in [1.807, 2.05) is 6.07 Å². The van der Waals surface area contributed by atoms with Crippen LogP contribution in [0.25, 0.3) is 0 Å². The molecule has 1 aliphatic heterocycles. The Balaban J connectivity index is 1.40. The summed E-state index contributed by atoms with van der Waals surface area (Å²) < 4.78 is 0. The predicted octanol–water partition coefficient (Wildman–Crippen LogP) is 3.13. The zero-order chi connectivity index (χ0) is 13.9. The van der Waals surface area contributed by atoms with Gasteiger partial charge in [0.05, 0.1) is 0 Å². The molecule has 1 aliphatic carbocycles. The molecular formula is C17H25ClN2. The molecule has 0 aromatic heterocycles. The van der Waals surface area contributed by atoms with Crippen LogP contribution in [0.2, 0.25) is 5.02 Å². The van der Waals surface area contributed by atoms with Gasteiger partial charge < -0.3 is 10.2 Å². The van der Waals surface area contributed by atoms with Crippen LogP contribution in [0, 0.1) is 5.92 Å². The molecule has 0 spiro atoms. The minimum Gasteiger partial charge on any atom is -0.312 e. The molecule has 2 aliphatic rings. The number of hydrogen-bond acceptors (Lipinski definition) is 2. The van der Waals surface area contributed by atoms with E-state index in [4.69, 9.17) is 11.6 Å². The number of hydrogen-bond donors (Lipinski definition) is 1. The molecular weight excluding hydrogens is 268 g/mol. The van der Waals surface area contributed by atoms with E-state index in [-0.39, 0.29) is 0 Å². The fraction of sp³-hybridized carbons (Fsp3) is 0.647. The lowest BCUT2D eigenvalue weighted by atomic mass is 9.99. The van der Waals surface area contributed by atoms with Crippen molar-refractivity contribution in [3.8, 4) is 0 Å². The third kappa shape index (κ3) is 3.55. The molecule has 3 heteroatoms. The van der Waals surface area contributed by atoms with Gasteiger partial charge in [0.2, 0.25) is 0 Å². The van der Waals surface area contributed by atoms with Gasteiger partial charge in [-0.3, -0.25) is 0 Å². The van der Waals surface area contributed by atoms with Gasteiger partial charge in [0.1, 0.15) is 0 Å². The van der Waals surface area contributed by atoms with Crippen LogP contribution in [-0.4, -0.2) is 37.1 Å². The maximum absolute atomic E-state index is 6.06. The normalized spacial score (nSPS) is 24.0. The smallest absolute Gasteiger partial charge is 0.0408 e. The first-order valence-corrected chi connectivity index (χ1v) is 8.31. The number of halogens is 1. The molecule has 0 amide bonds. The summed E-state index contributed by atoms with van der Waals surface area (Å²) in [5.74, 6) is 0.924. The van der Waals surface area contributed by atoms with Crippen LogP contribution in [0.1, 0.15) is 30.9 Å². The van der Waals surface area contributed by atoms with Crippen molar-refractivity contribution in [3.63, 3.8) is 0 Å². The van der Waals surface area contributed by atoms with Crippen molar-refractivity contribution in [2.45, 2.75) is 38.6 Å². The van der Waals surface area contributed by atoms with Gasteiger partial charge in [0.25, 0.3) is 0 Å². The largest absolute Gasteiger partial charge is 0.312 e. The highest BCUT2D eigenvalue weighted by Gasteiger charge is 2.21. The molecule has 3 rings (SSSR count). The Bertz CT molecular complexity index is 452. The van der Waals surface area contributed by atoms with Crippen LogP contribution in [0.4, 0.5) is 0 Å². The van der Waals surface area contributed by atoms with E-state index in [2.05, 4.69) is 29.3 Å². The van der Waals surface area contributed by atoms with Gasteiger partial charge in [0.15, 0.2) is 0 Å². The van der Waals surface area contributed by atoms with E-state index in [9.17, 15) is 0 Å². The van der Waals surface area contributed by atoms with E-state index in [1.165, 1.54) is 43.6 Å². The highest BCUT2D eigenvalue weighted by Crippen LogP contribution is 2.25. The molecule has 1 aromatic rings. The number of likely N-dealkylation sites (tertiary alicyclic amines) is 1. The molecule has 0 bridgehead atoms. The van der Waals surface area contributed by atoms with Gasteiger partial charge in [-0.2, -0.15) is 0 Å². The van der Waals surface area contributed by atoms with E-state index in [0.717, 1.165) is 30.3 Å². The van der Waals surface area contributed by atoms with Gasteiger partial charge in [-0.05, 0) is 68.0 Å². The molecule has 1 aromatic carbocycles. The summed E-state index contributed by atoms with van der Waals surface area (Å²) in [4.78, 5) is 2.60. The van der Waals surface area contributed by atoms with E-state index in [0.29, 0.717) is 6.04 Å². The van der Waals surface area contributed by atoms with E-state index in [1.54, 1.807) is 0 Å². The Hall–Kier alpha value is -0.570. The monoisotopic (exact) mass is 292 g/mol. The number of fused-ring (bicyclic) bond motifs is 1. The van der Waals surface area contributed by atoms with Crippen LogP contribution in [0.5, 0.6) is 0 Å². The van der Waals surface area contributed by atoms with Crippen molar-refractivity contribution >= 4 is 11.6 Å². The van der Waals surface area contributed by atoms with Crippen molar-refractivity contribution in [2.75, 3.05) is 26.2 Å². The second-order valence-corrected chi connectivity index (χ2v) is 6.93. The molecule has 0 saturated carbocycles. The fourth-order valence-electron chi connectivity index (χ4n) is 3.44. The Morgan fingerprint density at radius 2 is 1.95 bits per heavy atom. The molecule has 20 heavy (non-hydrogen) atoms. The second kappa shape index (κ2) is 6.46. The maximum atomic E-state index is 6.06. The minimum atomic E-state index is 0.604. The van der Waals surface area contributed by atoms with Gasteiger partial charge in [-0.1, -0.05) is 24.6 Å². The number of nitrogens with one attached hydrogen (secondary N) is 1. The number of nitrogens with zero attached hydrogens (tertiary/aromatic N) is 1. The quantitative estimate of drug-likeness (QED) is 0.917.